The molecular formula is C16H28N2O. The lowest BCUT2D eigenvalue weighted by atomic mass is 9.93. The highest BCUT2D eigenvalue weighted by Gasteiger charge is 2.12. The van der Waals surface area contributed by atoms with Crippen molar-refractivity contribution >= 4 is 0 Å². The van der Waals surface area contributed by atoms with Crippen LogP contribution in [0.1, 0.15) is 52.4 Å². The number of nitrogens with zero attached hydrogens (tertiary/aromatic N) is 1. The van der Waals surface area contributed by atoms with Gasteiger partial charge in [-0.25, -0.2) is 0 Å². The summed E-state index contributed by atoms with van der Waals surface area (Å²) in [6, 6.07) is 4.48. The van der Waals surface area contributed by atoms with Crippen molar-refractivity contribution in [3.05, 3.63) is 23.5 Å². The van der Waals surface area contributed by atoms with Gasteiger partial charge in [-0.05, 0) is 30.9 Å². The first-order chi connectivity index (χ1) is 8.78. The van der Waals surface area contributed by atoms with Gasteiger partial charge in [0.05, 0.1) is 12.3 Å². The van der Waals surface area contributed by atoms with Crippen LogP contribution in [0.5, 0.6) is 5.75 Å². The molecule has 1 N–H and O–H groups in total. The molecule has 0 fully saturated rings. The van der Waals surface area contributed by atoms with Crippen molar-refractivity contribution in [2.75, 3.05) is 6.61 Å². The Hall–Kier alpha value is -1.09. The van der Waals surface area contributed by atoms with Crippen LogP contribution in [0.25, 0.3) is 0 Å². The van der Waals surface area contributed by atoms with Gasteiger partial charge in [-0.15, -0.1) is 0 Å². The number of pyridine rings is 1. The van der Waals surface area contributed by atoms with Gasteiger partial charge in [0.2, 0.25) is 0 Å². The van der Waals surface area contributed by atoms with Crippen LogP contribution in [0.2, 0.25) is 0 Å². The maximum absolute atomic E-state index is 5.90. The van der Waals surface area contributed by atoms with Crippen molar-refractivity contribution in [3.8, 4) is 5.75 Å². The fourth-order valence-electron chi connectivity index (χ4n) is 1.62. The van der Waals surface area contributed by atoms with E-state index in [0.29, 0.717) is 11.5 Å². The molecule has 0 atom stereocenters. The molecular weight excluding hydrogens is 236 g/mol. The van der Waals surface area contributed by atoms with E-state index in [1.807, 2.05) is 19.1 Å². The predicted octanol–water partition coefficient (Wildman–Crippen LogP) is 3.70. The number of hydrogen-bond donors (Lipinski definition) is 1. The molecule has 0 unspecified atom stereocenters. The number of aromatic nitrogens is 1. The summed E-state index contributed by atoms with van der Waals surface area (Å²) in [7, 11) is 0. The zero-order valence-electron chi connectivity index (χ0n) is 13.2. The molecule has 0 aliphatic carbocycles. The molecule has 0 saturated carbocycles. The Morgan fingerprint density at radius 1 is 1.26 bits per heavy atom. The van der Waals surface area contributed by atoms with Crippen molar-refractivity contribution in [2.45, 2.75) is 60.5 Å². The molecule has 0 aliphatic rings. The fraction of sp³-hybridized carbons (Fsp3) is 0.688. The number of aryl methyl sites for hydroxylation is 1. The summed E-state index contributed by atoms with van der Waals surface area (Å²) in [5.74, 6) is 0.906. The summed E-state index contributed by atoms with van der Waals surface area (Å²) in [5, 5.41) is 3.39. The topological polar surface area (TPSA) is 34.1 Å². The Balaban J connectivity index is 2.65. The molecule has 0 bridgehead atoms. The normalized spacial score (nSPS) is 11.9. The van der Waals surface area contributed by atoms with E-state index in [2.05, 4.69) is 44.9 Å². The second kappa shape index (κ2) is 6.90. The summed E-state index contributed by atoms with van der Waals surface area (Å²) >= 11 is 0. The van der Waals surface area contributed by atoms with Crippen LogP contribution in [0.4, 0.5) is 0 Å². The van der Waals surface area contributed by atoms with E-state index in [4.69, 9.17) is 4.74 Å². The van der Waals surface area contributed by atoms with Gasteiger partial charge in [0.15, 0.2) is 0 Å². The highest BCUT2D eigenvalue weighted by atomic mass is 16.5. The van der Waals surface area contributed by atoms with Crippen molar-refractivity contribution in [3.63, 3.8) is 0 Å². The number of ether oxygens (including phenoxy) is 1. The van der Waals surface area contributed by atoms with Gasteiger partial charge >= 0.3 is 0 Å². The highest BCUT2D eigenvalue weighted by Crippen LogP contribution is 2.21. The minimum atomic E-state index is 0.300. The second-order valence-corrected chi connectivity index (χ2v) is 6.59. The minimum absolute atomic E-state index is 0.300. The molecule has 108 valence electrons. The molecule has 3 nitrogen and oxygen atoms in total. The first kappa shape index (κ1) is 16.0. The second-order valence-electron chi connectivity index (χ2n) is 6.59. The molecule has 19 heavy (non-hydrogen) atoms. The lowest BCUT2D eigenvalue weighted by Gasteiger charge is -2.19. The molecule has 0 saturated heterocycles. The van der Waals surface area contributed by atoms with Gasteiger partial charge < -0.3 is 10.1 Å². The number of nitrogens with one attached hydrogen (secondary N) is 1. The van der Waals surface area contributed by atoms with Crippen LogP contribution >= 0.6 is 0 Å². The van der Waals surface area contributed by atoms with Gasteiger partial charge in [-0.3, -0.25) is 4.98 Å². The quantitative estimate of drug-likeness (QED) is 0.850. The number of hydrogen-bond acceptors (Lipinski definition) is 3. The standard InChI is InChI=1S/C16H28N2O/c1-12(2)17-11-14-15(8-7-13(3)18-14)19-10-9-16(4,5)6/h7-8,12,17H,9-11H2,1-6H3. The monoisotopic (exact) mass is 264 g/mol. The Kier molecular flexibility index (Phi) is 5.80. The first-order valence-corrected chi connectivity index (χ1v) is 7.10. The molecule has 1 aromatic heterocycles. The first-order valence-electron chi connectivity index (χ1n) is 7.10. The summed E-state index contributed by atoms with van der Waals surface area (Å²) in [6.07, 6.45) is 1.04. The molecule has 1 heterocycles. The summed E-state index contributed by atoms with van der Waals surface area (Å²) in [5.41, 5.74) is 2.33. The molecule has 0 amide bonds. The van der Waals surface area contributed by atoms with Gasteiger partial charge in [-0.1, -0.05) is 34.6 Å². The van der Waals surface area contributed by atoms with Crippen molar-refractivity contribution in [1.82, 2.24) is 10.3 Å². The summed E-state index contributed by atoms with van der Waals surface area (Å²) in [6.45, 7) is 14.5. The van der Waals surface area contributed by atoms with Crippen LogP contribution in [-0.2, 0) is 6.54 Å². The largest absolute Gasteiger partial charge is 0.492 e. The summed E-state index contributed by atoms with van der Waals surface area (Å²) < 4.78 is 5.90. The van der Waals surface area contributed by atoms with Crippen LogP contribution in [-0.4, -0.2) is 17.6 Å². The smallest absolute Gasteiger partial charge is 0.142 e. The van der Waals surface area contributed by atoms with Crippen molar-refractivity contribution < 1.29 is 4.74 Å². The van der Waals surface area contributed by atoms with E-state index >= 15 is 0 Å². The van der Waals surface area contributed by atoms with Crippen LogP contribution < -0.4 is 10.1 Å². The third kappa shape index (κ3) is 6.58. The van der Waals surface area contributed by atoms with E-state index < -0.39 is 0 Å². The van der Waals surface area contributed by atoms with Crippen molar-refractivity contribution in [2.24, 2.45) is 5.41 Å². The predicted molar refractivity (Wildman–Crippen MR) is 80.5 cm³/mol. The maximum atomic E-state index is 5.90. The molecule has 0 spiro atoms. The zero-order valence-corrected chi connectivity index (χ0v) is 13.2. The van der Waals surface area contributed by atoms with E-state index in [1.54, 1.807) is 0 Å². The highest BCUT2D eigenvalue weighted by molar-refractivity contribution is 5.29. The van der Waals surface area contributed by atoms with E-state index in [0.717, 1.165) is 36.7 Å². The maximum Gasteiger partial charge on any atom is 0.142 e. The fourth-order valence-corrected chi connectivity index (χ4v) is 1.62. The SMILES string of the molecule is Cc1ccc(OCCC(C)(C)C)c(CNC(C)C)n1. The average molecular weight is 264 g/mol. The Bertz CT molecular complexity index is 394. The molecule has 0 radical (unpaired) electrons. The minimum Gasteiger partial charge on any atom is -0.492 e. The van der Waals surface area contributed by atoms with Crippen LogP contribution in [0.15, 0.2) is 12.1 Å². The van der Waals surface area contributed by atoms with E-state index in [-0.39, 0.29) is 0 Å². The number of rotatable bonds is 6. The molecule has 0 aliphatic heterocycles. The van der Waals surface area contributed by atoms with Crippen molar-refractivity contribution in [1.29, 1.82) is 0 Å². The Morgan fingerprint density at radius 3 is 2.53 bits per heavy atom. The zero-order chi connectivity index (χ0) is 14.5. The molecule has 3 heteroatoms. The molecule has 1 aromatic rings. The van der Waals surface area contributed by atoms with Crippen LogP contribution in [0.3, 0.4) is 0 Å². The van der Waals surface area contributed by atoms with Gasteiger partial charge in [-0.2, -0.15) is 0 Å². The third-order valence-electron chi connectivity index (χ3n) is 2.86. The Labute approximate surface area is 117 Å². The molecule has 0 aromatic carbocycles. The van der Waals surface area contributed by atoms with E-state index in [1.165, 1.54) is 0 Å². The summed E-state index contributed by atoms with van der Waals surface area (Å²) in [4.78, 5) is 4.57. The molecule has 1 rings (SSSR count). The van der Waals surface area contributed by atoms with Crippen LogP contribution in [0, 0.1) is 12.3 Å². The third-order valence-corrected chi connectivity index (χ3v) is 2.86. The average Bonchev–Trinajstić information content (AvgIpc) is 2.27. The lowest BCUT2D eigenvalue weighted by Crippen LogP contribution is -2.23. The lowest BCUT2D eigenvalue weighted by molar-refractivity contribution is 0.240. The van der Waals surface area contributed by atoms with Gasteiger partial charge in [0.1, 0.15) is 5.75 Å². The van der Waals surface area contributed by atoms with Gasteiger partial charge in [0, 0.05) is 18.3 Å². The van der Waals surface area contributed by atoms with Gasteiger partial charge in [0.25, 0.3) is 0 Å². The Morgan fingerprint density at radius 2 is 1.95 bits per heavy atom. The van der Waals surface area contributed by atoms with E-state index in [9.17, 15) is 0 Å².